The van der Waals surface area contributed by atoms with Gasteiger partial charge in [0.25, 0.3) is 5.91 Å². The van der Waals surface area contributed by atoms with Crippen LogP contribution in [0.25, 0.3) is 0 Å². The maximum absolute atomic E-state index is 12.1. The van der Waals surface area contributed by atoms with Crippen LogP contribution in [-0.2, 0) is 9.53 Å². The van der Waals surface area contributed by atoms with Crippen LogP contribution in [0.5, 0.6) is 5.75 Å². The molecule has 2 aromatic carbocycles. The molecule has 6 nitrogen and oxygen atoms in total. The first-order valence-corrected chi connectivity index (χ1v) is 8.34. The number of anilines is 3. The molecule has 0 saturated carbocycles. The molecule has 1 amide bonds. The quantitative estimate of drug-likeness (QED) is 0.817. The summed E-state index contributed by atoms with van der Waals surface area (Å²) in [6.45, 7) is 4.94. The molecular weight excluding hydrogens is 318 g/mol. The average molecular weight is 341 g/mol. The van der Waals surface area contributed by atoms with Crippen LogP contribution in [-0.4, -0.2) is 38.8 Å². The highest BCUT2D eigenvalue weighted by Crippen LogP contribution is 2.27. The third-order valence-corrected chi connectivity index (χ3v) is 4.12. The number of nitrogens with two attached hydrogens (primary N) is 1. The first kappa shape index (κ1) is 17.1. The van der Waals surface area contributed by atoms with Gasteiger partial charge in [-0.15, -0.1) is 0 Å². The van der Waals surface area contributed by atoms with E-state index in [9.17, 15) is 4.79 Å². The molecule has 0 spiro atoms. The summed E-state index contributed by atoms with van der Waals surface area (Å²) in [4.78, 5) is 14.3. The zero-order chi connectivity index (χ0) is 17.6. The second kappa shape index (κ2) is 7.90. The lowest BCUT2D eigenvalue weighted by Gasteiger charge is -2.30. The van der Waals surface area contributed by atoms with Gasteiger partial charge in [0.2, 0.25) is 0 Å². The van der Waals surface area contributed by atoms with Gasteiger partial charge >= 0.3 is 0 Å². The van der Waals surface area contributed by atoms with E-state index in [0.717, 1.165) is 24.3 Å². The van der Waals surface area contributed by atoms with E-state index in [4.69, 9.17) is 15.2 Å². The van der Waals surface area contributed by atoms with E-state index in [-0.39, 0.29) is 12.5 Å². The number of carbonyl (C=O) groups excluding carboxylic acids is 1. The Morgan fingerprint density at radius 3 is 2.72 bits per heavy atom. The van der Waals surface area contributed by atoms with Crippen molar-refractivity contribution in [1.29, 1.82) is 0 Å². The summed E-state index contributed by atoms with van der Waals surface area (Å²) in [5, 5.41) is 2.82. The molecule has 1 aliphatic heterocycles. The molecule has 3 rings (SSSR count). The summed E-state index contributed by atoms with van der Waals surface area (Å²) < 4.78 is 10.9. The van der Waals surface area contributed by atoms with E-state index in [1.807, 2.05) is 43.3 Å². The van der Waals surface area contributed by atoms with Crippen molar-refractivity contribution in [3.05, 3.63) is 48.0 Å². The summed E-state index contributed by atoms with van der Waals surface area (Å²) in [6.07, 6.45) is 0. The van der Waals surface area contributed by atoms with Crippen molar-refractivity contribution in [1.82, 2.24) is 0 Å². The van der Waals surface area contributed by atoms with E-state index in [2.05, 4.69) is 10.2 Å². The van der Waals surface area contributed by atoms with Crippen LogP contribution in [0, 0.1) is 6.92 Å². The van der Waals surface area contributed by atoms with E-state index < -0.39 is 0 Å². The molecule has 0 atom stereocenters. The van der Waals surface area contributed by atoms with Gasteiger partial charge in [-0.25, -0.2) is 0 Å². The maximum Gasteiger partial charge on any atom is 0.262 e. The van der Waals surface area contributed by atoms with Gasteiger partial charge in [-0.2, -0.15) is 0 Å². The summed E-state index contributed by atoms with van der Waals surface area (Å²) >= 11 is 0. The molecule has 1 saturated heterocycles. The molecule has 3 N–H and O–H groups in total. The van der Waals surface area contributed by atoms with Gasteiger partial charge in [0.1, 0.15) is 5.75 Å². The van der Waals surface area contributed by atoms with Crippen LogP contribution in [0.1, 0.15) is 5.56 Å². The van der Waals surface area contributed by atoms with Gasteiger partial charge in [0.05, 0.1) is 24.6 Å². The monoisotopic (exact) mass is 341 g/mol. The van der Waals surface area contributed by atoms with Crippen LogP contribution < -0.4 is 20.7 Å². The molecule has 0 radical (unpaired) electrons. The van der Waals surface area contributed by atoms with Crippen molar-refractivity contribution < 1.29 is 14.3 Å². The summed E-state index contributed by atoms with van der Waals surface area (Å²) in [5.74, 6) is 0.488. The number of nitrogens with one attached hydrogen (secondary N) is 1. The second-order valence-electron chi connectivity index (χ2n) is 5.98. The first-order valence-electron chi connectivity index (χ1n) is 8.34. The van der Waals surface area contributed by atoms with Crippen molar-refractivity contribution in [3.8, 4) is 5.75 Å². The fraction of sp³-hybridized carbons (Fsp3) is 0.316. The van der Waals surface area contributed by atoms with Crippen LogP contribution in [0.3, 0.4) is 0 Å². The van der Waals surface area contributed by atoms with E-state index >= 15 is 0 Å². The number of hydrogen-bond donors (Lipinski definition) is 2. The number of amides is 1. The van der Waals surface area contributed by atoms with Crippen LogP contribution in [0.2, 0.25) is 0 Å². The van der Waals surface area contributed by atoms with Crippen LogP contribution >= 0.6 is 0 Å². The lowest BCUT2D eigenvalue weighted by molar-refractivity contribution is -0.118. The molecule has 0 aromatic heterocycles. The second-order valence-corrected chi connectivity index (χ2v) is 5.98. The predicted octanol–water partition coefficient (Wildman–Crippen LogP) is 2.43. The van der Waals surface area contributed by atoms with Crippen LogP contribution in [0.4, 0.5) is 17.1 Å². The van der Waals surface area contributed by atoms with Gasteiger partial charge in [0.15, 0.2) is 6.61 Å². The molecule has 6 heteroatoms. The summed E-state index contributed by atoms with van der Waals surface area (Å²) in [7, 11) is 0. The number of carbonyl (C=O) groups is 1. The number of nitrogens with zero attached hydrogens (tertiary/aromatic N) is 1. The molecule has 25 heavy (non-hydrogen) atoms. The lowest BCUT2D eigenvalue weighted by Crippen LogP contribution is -2.36. The van der Waals surface area contributed by atoms with Gasteiger partial charge in [0, 0.05) is 18.8 Å². The average Bonchev–Trinajstić information content (AvgIpc) is 2.62. The fourth-order valence-electron chi connectivity index (χ4n) is 2.78. The Hall–Kier alpha value is -2.73. The Kier molecular flexibility index (Phi) is 5.40. The normalized spacial score (nSPS) is 14.2. The van der Waals surface area contributed by atoms with E-state index in [1.54, 1.807) is 6.07 Å². The molecular formula is C19H23N3O3. The molecule has 1 aliphatic rings. The minimum absolute atomic E-state index is 0.0457. The highest BCUT2D eigenvalue weighted by atomic mass is 16.5. The van der Waals surface area contributed by atoms with Gasteiger partial charge < -0.3 is 25.4 Å². The van der Waals surface area contributed by atoms with Crippen molar-refractivity contribution in [2.45, 2.75) is 6.92 Å². The minimum Gasteiger partial charge on any atom is -0.483 e. The Labute approximate surface area is 147 Å². The van der Waals surface area contributed by atoms with E-state index in [1.165, 1.54) is 0 Å². The third-order valence-electron chi connectivity index (χ3n) is 4.12. The van der Waals surface area contributed by atoms with Gasteiger partial charge in [-0.05, 0) is 36.8 Å². The van der Waals surface area contributed by atoms with E-state index in [0.29, 0.717) is 30.3 Å². The maximum atomic E-state index is 12.1. The zero-order valence-corrected chi connectivity index (χ0v) is 14.3. The lowest BCUT2D eigenvalue weighted by atomic mass is 10.2. The SMILES string of the molecule is Cc1ccccc1OCC(=O)Nc1ccc(N2CCOCC2)c(N)c1. The number of rotatable bonds is 5. The largest absolute Gasteiger partial charge is 0.483 e. The summed E-state index contributed by atoms with van der Waals surface area (Å²) in [5.41, 5.74) is 9.41. The molecule has 1 heterocycles. The number of para-hydroxylation sites is 1. The number of ether oxygens (including phenoxy) is 2. The minimum atomic E-state index is -0.221. The Balaban J connectivity index is 1.58. The van der Waals surface area contributed by atoms with Gasteiger partial charge in [-0.1, -0.05) is 18.2 Å². The molecule has 132 valence electrons. The number of aryl methyl sites for hydroxylation is 1. The van der Waals surface area contributed by atoms with Gasteiger partial charge in [-0.3, -0.25) is 4.79 Å². The zero-order valence-electron chi connectivity index (χ0n) is 14.3. The predicted molar refractivity (Wildman–Crippen MR) is 99.2 cm³/mol. The van der Waals surface area contributed by atoms with Crippen LogP contribution in [0.15, 0.2) is 42.5 Å². The number of nitrogen functional groups attached to an aromatic ring is 1. The summed E-state index contributed by atoms with van der Waals surface area (Å²) in [6, 6.07) is 13.2. The highest BCUT2D eigenvalue weighted by molar-refractivity contribution is 5.93. The molecule has 0 unspecified atom stereocenters. The number of morpholine rings is 1. The Morgan fingerprint density at radius 1 is 1.24 bits per heavy atom. The van der Waals surface area contributed by atoms with Crippen molar-refractivity contribution in [3.63, 3.8) is 0 Å². The molecule has 2 aromatic rings. The topological polar surface area (TPSA) is 76.8 Å². The Bertz CT molecular complexity index is 742. The van der Waals surface area contributed by atoms with Crippen molar-refractivity contribution in [2.24, 2.45) is 0 Å². The molecule has 0 bridgehead atoms. The fourth-order valence-corrected chi connectivity index (χ4v) is 2.78. The molecule has 0 aliphatic carbocycles. The standard InChI is InChI=1S/C19H23N3O3/c1-14-4-2-3-5-18(14)25-13-19(23)21-15-6-7-17(16(20)12-15)22-8-10-24-11-9-22/h2-7,12H,8-11,13,20H2,1H3,(H,21,23). The number of hydrogen-bond acceptors (Lipinski definition) is 5. The van der Waals surface area contributed by atoms with Crippen molar-refractivity contribution >= 4 is 23.0 Å². The number of benzene rings is 2. The Morgan fingerprint density at radius 2 is 2.00 bits per heavy atom. The first-order chi connectivity index (χ1) is 12.1. The highest BCUT2D eigenvalue weighted by Gasteiger charge is 2.14. The molecule has 1 fully saturated rings. The third kappa shape index (κ3) is 4.42. The smallest absolute Gasteiger partial charge is 0.262 e. The van der Waals surface area contributed by atoms with Crippen molar-refractivity contribution in [2.75, 3.05) is 48.9 Å².